The highest BCUT2D eigenvalue weighted by Crippen LogP contribution is 2.67. The molecule has 4 aromatic rings. The van der Waals surface area contributed by atoms with Crippen LogP contribution in [0.5, 0.6) is 0 Å². The van der Waals surface area contributed by atoms with Crippen molar-refractivity contribution >= 4 is 5.57 Å². The van der Waals surface area contributed by atoms with Crippen molar-refractivity contribution in [2.75, 3.05) is 0 Å². The Bertz CT molecular complexity index is 1600. The molecule has 1 N–H and O–H groups in total. The van der Waals surface area contributed by atoms with E-state index in [1.54, 1.807) is 0 Å². The first-order valence-corrected chi connectivity index (χ1v) is 13.2. The summed E-state index contributed by atoms with van der Waals surface area (Å²) in [5.41, 5.74) is 12.0. The Balaban J connectivity index is 1.55. The Labute approximate surface area is 218 Å². The number of aliphatic hydroxyl groups excluding tert-OH is 1. The van der Waals surface area contributed by atoms with Gasteiger partial charge in [0.2, 0.25) is 17.4 Å². The van der Waals surface area contributed by atoms with Crippen LogP contribution in [-0.4, -0.2) is 5.11 Å². The van der Waals surface area contributed by atoms with Crippen molar-refractivity contribution in [1.82, 2.24) is 0 Å². The molecular weight excluding hydrogens is 452 g/mol. The van der Waals surface area contributed by atoms with E-state index >= 15 is 0 Å². The summed E-state index contributed by atoms with van der Waals surface area (Å²) >= 11 is 0. The number of benzene rings is 2. The largest absolute Gasteiger partial charge is 0.508 e. The highest BCUT2D eigenvalue weighted by molar-refractivity contribution is 5.80. The van der Waals surface area contributed by atoms with Crippen LogP contribution in [0.25, 0.3) is 28.0 Å². The molecular formula is C34H32N2O+2. The molecule has 0 saturated heterocycles. The molecule has 1 aliphatic carbocycles. The molecule has 3 unspecified atom stereocenters. The lowest BCUT2D eigenvalue weighted by Crippen LogP contribution is -2.51. The van der Waals surface area contributed by atoms with E-state index in [2.05, 4.69) is 129 Å². The molecule has 182 valence electrons. The van der Waals surface area contributed by atoms with E-state index in [1.165, 1.54) is 44.6 Å². The summed E-state index contributed by atoms with van der Waals surface area (Å²) in [5, 5.41) is 10.8. The van der Waals surface area contributed by atoms with Crippen molar-refractivity contribution < 1.29 is 14.2 Å². The fourth-order valence-corrected chi connectivity index (χ4v) is 7.20. The Morgan fingerprint density at radius 2 is 1.65 bits per heavy atom. The lowest BCUT2D eigenvalue weighted by atomic mass is 9.88. The fraction of sp³-hybridized carbons (Fsp3) is 0.235. The Hall–Kier alpha value is -3.98. The highest BCUT2D eigenvalue weighted by atomic mass is 16.3. The van der Waals surface area contributed by atoms with Gasteiger partial charge in [-0.05, 0) is 59.7 Å². The quantitative estimate of drug-likeness (QED) is 0.250. The smallest absolute Gasteiger partial charge is 0.263 e. The number of rotatable bonds is 3. The van der Waals surface area contributed by atoms with E-state index in [0.29, 0.717) is 5.92 Å². The summed E-state index contributed by atoms with van der Waals surface area (Å²) in [7, 11) is 0. The lowest BCUT2D eigenvalue weighted by Gasteiger charge is -2.17. The summed E-state index contributed by atoms with van der Waals surface area (Å²) in [4.78, 5) is 0. The van der Waals surface area contributed by atoms with Gasteiger partial charge in [0.15, 0.2) is 12.4 Å². The van der Waals surface area contributed by atoms with Gasteiger partial charge in [-0.25, -0.2) is 0 Å². The van der Waals surface area contributed by atoms with Gasteiger partial charge in [0.05, 0.1) is 11.1 Å². The molecule has 0 bridgehead atoms. The van der Waals surface area contributed by atoms with Crippen LogP contribution in [0.4, 0.5) is 0 Å². The topological polar surface area (TPSA) is 28.0 Å². The zero-order valence-corrected chi connectivity index (χ0v) is 21.9. The second-order valence-electron chi connectivity index (χ2n) is 11.2. The number of hydrogen-bond acceptors (Lipinski definition) is 1. The molecule has 0 amide bonds. The second-order valence-corrected chi connectivity index (χ2v) is 11.2. The number of pyridine rings is 2. The average molecular weight is 485 g/mol. The maximum Gasteiger partial charge on any atom is 0.263 e. The molecule has 1 fully saturated rings. The van der Waals surface area contributed by atoms with Gasteiger partial charge in [-0.2, -0.15) is 9.13 Å². The third-order valence-corrected chi connectivity index (χ3v) is 8.81. The van der Waals surface area contributed by atoms with Gasteiger partial charge in [-0.1, -0.05) is 56.8 Å². The van der Waals surface area contributed by atoms with Crippen LogP contribution in [0.15, 0.2) is 97.5 Å². The van der Waals surface area contributed by atoms with Gasteiger partial charge in [-0.15, -0.1) is 0 Å². The number of aryl methyl sites for hydroxylation is 2. The zero-order chi connectivity index (χ0) is 25.6. The average Bonchev–Trinajstić information content (AvgIpc) is 3.44. The number of aliphatic hydroxyl groups is 1. The molecule has 37 heavy (non-hydrogen) atoms. The van der Waals surface area contributed by atoms with Crippen LogP contribution in [-0.2, 0) is 5.54 Å². The summed E-state index contributed by atoms with van der Waals surface area (Å²) < 4.78 is 4.90. The minimum absolute atomic E-state index is 0.135. The lowest BCUT2D eigenvalue weighted by molar-refractivity contribution is -0.778. The Kier molecular flexibility index (Phi) is 4.52. The van der Waals surface area contributed by atoms with E-state index in [4.69, 9.17) is 0 Å². The molecule has 3 atom stereocenters. The van der Waals surface area contributed by atoms with Crippen molar-refractivity contribution in [3.8, 4) is 22.4 Å². The molecule has 7 rings (SSSR count). The Morgan fingerprint density at radius 1 is 0.919 bits per heavy atom. The predicted molar refractivity (Wildman–Crippen MR) is 147 cm³/mol. The molecule has 1 saturated carbocycles. The molecule has 3 aliphatic rings. The number of fused-ring (bicyclic) bond motifs is 10. The van der Waals surface area contributed by atoms with Crippen LogP contribution < -0.4 is 9.13 Å². The van der Waals surface area contributed by atoms with Crippen molar-refractivity contribution in [2.24, 2.45) is 0 Å². The van der Waals surface area contributed by atoms with Crippen molar-refractivity contribution in [3.63, 3.8) is 0 Å². The van der Waals surface area contributed by atoms with Crippen LogP contribution in [0, 0.1) is 13.8 Å². The molecule has 0 radical (unpaired) electrons. The summed E-state index contributed by atoms with van der Waals surface area (Å²) in [5.74, 6) is 0.747. The molecule has 1 spiro atoms. The van der Waals surface area contributed by atoms with Gasteiger partial charge >= 0.3 is 0 Å². The summed E-state index contributed by atoms with van der Waals surface area (Å²) in [6.45, 7) is 12.9. The van der Waals surface area contributed by atoms with Crippen LogP contribution in [0.2, 0.25) is 0 Å². The molecule has 4 heterocycles. The maximum absolute atomic E-state index is 10.8. The molecule has 2 aromatic carbocycles. The number of allylic oxidation sites excluding steroid dienone is 2. The first kappa shape index (κ1) is 22.2. The van der Waals surface area contributed by atoms with E-state index in [9.17, 15) is 5.11 Å². The molecule has 3 heteroatoms. The van der Waals surface area contributed by atoms with E-state index in [1.807, 2.05) is 0 Å². The van der Waals surface area contributed by atoms with E-state index in [-0.39, 0.29) is 23.3 Å². The predicted octanol–water partition coefficient (Wildman–Crippen LogP) is 6.85. The van der Waals surface area contributed by atoms with Crippen molar-refractivity contribution in [3.05, 3.63) is 125 Å². The monoisotopic (exact) mass is 484 g/mol. The summed E-state index contributed by atoms with van der Waals surface area (Å²) in [6, 6.07) is 24.4. The van der Waals surface area contributed by atoms with Crippen LogP contribution in [0.3, 0.4) is 0 Å². The SMILES string of the molecule is C=C(O)C1=CC2(C3c4ccccc4-c4cccc[n+]4C32)[n+]2cc(-c3c(C)cccc3C)c(C(C)C)cc21. The summed E-state index contributed by atoms with van der Waals surface area (Å²) in [6.07, 6.45) is 6.88. The van der Waals surface area contributed by atoms with Crippen molar-refractivity contribution in [2.45, 2.75) is 51.1 Å². The Morgan fingerprint density at radius 3 is 2.38 bits per heavy atom. The first-order valence-electron chi connectivity index (χ1n) is 13.2. The molecule has 2 aromatic heterocycles. The van der Waals surface area contributed by atoms with Crippen molar-refractivity contribution in [1.29, 1.82) is 0 Å². The van der Waals surface area contributed by atoms with Gasteiger partial charge in [0, 0.05) is 29.8 Å². The van der Waals surface area contributed by atoms with Crippen LogP contribution in [0.1, 0.15) is 59.7 Å². The normalized spacial score (nSPS) is 22.2. The molecule has 3 nitrogen and oxygen atoms in total. The third-order valence-electron chi connectivity index (χ3n) is 8.81. The van der Waals surface area contributed by atoms with Crippen LogP contribution >= 0.6 is 0 Å². The number of nitrogens with zero attached hydrogens (tertiary/aromatic N) is 2. The number of aromatic nitrogens is 2. The molecule has 2 aliphatic heterocycles. The van der Waals surface area contributed by atoms with Gasteiger partial charge in [0.1, 0.15) is 11.7 Å². The second kappa shape index (κ2) is 7.52. The van der Waals surface area contributed by atoms with Gasteiger partial charge < -0.3 is 5.11 Å². The zero-order valence-electron chi connectivity index (χ0n) is 21.9. The first-order chi connectivity index (χ1) is 17.8. The third kappa shape index (κ3) is 2.83. The minimum atomic E-state index is -0.301. The minimum Gasteiger partial charge on any atom is -0.508 e. The van der Waals surface area contributed by atoms with E-state index < -0.39 is 0 Å². The van der Waals surface area contributed by atoms with Gasteiger partial charge in [-0.3, -0.25) is 0 Å². The van der Waals surface area contributed by atoms with Gasteiger partial charge in [0.25, 0.3) is 5.54 Å². The standard InChI is InChI=1S/C34H31N2O/c1-20(2)26-17-30-27(23(5)37)18-34(36(30)19-28(26)31-21(3)11-10-12-22(31)4)32-25-14-7-6-13-24(25)29-15-8-9-16-35(29)33(32)34/h6-20,32-33H,5H2,1-4H3/q+1/p+1. The number of hydrogen-bond donors (Lipinski definition) is 1. The fourth-order valence-electron chi connectivity index (χ4n) is 7.20. The maximum atomic E-state index is 10.8. The highest BCUT2D eigenvalue weighted by Gasteiger charge is 2.83. The van der Waals surface area contributed by atoms with E-state index in [0.717, 1.165) is 11.3 Å².